The van der Waals surface area contributed by atoms with Crippen molar-refractivity contribution < 1.29 is 54.3 Å². The van der Waals surface area contributed by atoms with Gasteiger partial charge in [-0.2, -0.15) is 13.2 Å². The van der Waals surface area contributed by atoms with E-state index in [0.717, 1.165) is 116 Å². The lowest BCUT2D eigenvalue weighted by Crippen LogP contribution is -2.57. The standard InChI is InChI=1S/C76H96ClF3N10O9S4/c1-51(53-17-19-55(20-18-53)69-52(2)81-50-101-69)82-72(94)66-44-61(91)48-90(66)73(95)70(74(3,4)5)84-68(92)16-12-9-13-34-86-36-38-87(39-37-86)35-32-59(49-100-62-14-10-8-11-15-62)83-65-30-29-63(45-67(65)102(96,97)76(78,79)80)103(98,99)85-71(93)56-23-27-60(28-24-56)89-42-40-88(41-43-89)47-57-46-75(6,7)33-31-64(57)54-21-25-58(77)26-22-54/h8,10-11,14-15,17-30,45,50-51,59,61,66,70,83,91H,9,12-13,16,31-44,46-49H2,1-7H3,(H,82,94)(H,84,92)(H,85,93). The highest BCUT2D eigenvalue weighted by atomic mass is 35.5. The summed E-state index contributed by atoms with van der Waals surface area (Å²) in [6, 6.07) is 31.2. The second kappa shape index (κ2) is 34.1. The highest BCUT2D eigenvalue weighted by Crippen LogP contribution is 2.44. The molecule has 103 heavy (non-hydrogen) atoms. The van der Waals surface area contributed by atoms with Gasteiger partial charge in [0.2, 0.25) is 17.7 Å². The number of aliphatic hydroxyl groups excluding tert-OH is 1. The number of thioether (sulfide) groups is 1. The van der Waals surface area contributed by atoms with Gasteiger partial charge < -0.3 is 40.7 Å². The summed E-state index contributed by atoms with van der Waals surface area (Å²) < 4.78 is 100. The smallest absolute Gasteiger partial charge is 0.391 e. The summed E-state index contributed by atoms with van der Waals surface area (Å²) >= 11 is 9.21. The summed E-state index contributed by atoms with van der Waals surface area (Å²) in [6.45, 7) is 21.9. The molecule has 0 radical (unpaired) electrons. The predicted molar refractivity (Wildman–Crippen MR) is 402 cm³/mol. The minimum absolute atomic E-state index is 0.0279. The van der Waals surface area contributed by atoms with Crippen molar-refractivity contribution in [1.29, 1.82) is 0 Å². The molecule has 5 N–H and O–H groups in total. The average Bonchev–Trinajstić information content (AvgIpc) is 1.23. The Morgan fingerprint density at radius 2 is 1.44 bits per heavy atom. The van der Waals surface area contributed by atoms with Crippen LogP contribution >= 0.6 is 34.7 Å². The molecule has 556 valence electrons. The van der Waals surface area contributed by atoms with Crippen molar-refractivity contribution in [3.63, 3.8) is 0 Å². The van der Waals surface area contributed by atoms with Gasteiger partial charge in [0, 0.05) is 118 Å². The number of aromatic nitrogens is 1. The van der Waals surface area contributed by atoms with Crippen LogP contribution in [-0.2, 0) is 34.2 Å². The third-order valence-corrected chi connectivity index (χ3v) is 25.2. The van der Waals surface area contributed by atoms with Crippen molar-refractivity contribution in [3.05, 3.63) is 160 Å². The maximum Gasteiger partial charge on any atom is 0.501 e. The van der Waals surface area contributed by atoms with Gasteiger partial charge in [0.1, 0.15) is 17.0 Å². The number of aryl methyl sites for hydroxylation is 1. The number of unbranched alkanes of at least 4 members (excludes halogenated alkanes) is 2. The maximum atomic E-state index is 14.6. The number of thiazole rings is 1. The zero-order valence-corrected chi connectivity index (χ0v) is 63.6. The first-order valence-corrected chi connectivity index (χ1v) is 40.6. The van der Waals surface area contributed by atoms with Crippen molar-refractivity contribution >= 4 is 95.1 Å². The molecule has 5 unspecified atom stereocenters. The fourth-order valence-electron chi connectivity index (χ4n) is 13.9. The number of hydrogen-bond donors (Lipinski definition) is 5. The molecule has 6 aromatic rings. The number of β-amino-alcohol motifs (C(OH)–C–C–N with tert-alkyl or cyclic N) is 1. The summed E-state index contributed by atoms with van der Waals surface area (Å²) in [5.41, 5.74) is 2.70. The fourth-order valence-corrected chi connectivity index (χ4v) is 17.9. The number of sulfonamides is 1. The van der Waals surface area contributed by atoms with Gasteiger partial charge in [-0.1, -0.05) is 113 Å². The van der Waals surface area contributed by atoms with Crippen LogP contribution in [0.15, 0.2) is 147 Å². The molecule has 0 spiro atoms. The third kappa shape index (κ3) is 20.8. The molecule has 0 saturated carbocycles. The van der Waals surface area contributed by atoms with Gasteiger partial charge in [-0.3, -0.25) is 24.1 Å². The van der Waals surface area contributed by atoms with Gasteiger partial charge >= 0.3 is 5.51 Å². The third-order valence-electron chi connectivity index (χ3n) is 20.0. The molecule has 4 heterocycles. The zero-order chi connectivity index (χ0) is 74.0. The van der Waals surface area contributed by atoms with Gasteiger partial charge in [0.25, 0.3) is 25.8 Å². The number of likely N-dealkylation sites (tertiary alicyclic amines) is 1. The van der Waals surface area contributed by atoms with Crippen molar-refractivity contribution in [2.75, 3.05) is 94.5 Å². The lowest BCUT2D eigenvalue weighted by atomic mass is 9.73. The van der Waals surface area contributed by atoms with Crippen molar-refractivity contribution in [2.24, 2.45) is 10.8 Å². The number of hydrogen-bond acceptors (Lipinski definition) is 17. The minimum atomic E-state index is -6.15. The van der Waals surface area contributed by atoms with Crippen LogP contribution in [0.2, 0.25) is 5.02 Å². The molecule has 3 fully saturated rings. The molecular weight excluding hydrogens is 1420 g/mol. The number of sulfone groups is 1. The van der Waals surface area contributed by atoms with Crippen molar-refractivity contribution in [3.8, 4) is 10.4 Å². The van der Waals surface area contributed by atoms with Crippen LogP contribution < -0.4 is 25.6 Å². The number of halogens is 4. The molecule has 27 heteroatoms. The van der Waals surface area contributed by atoms with Crippen LogP contribution in [0.1, 0.15) is 133 Å². The number of aliphatic hydroxyl groups is 1. The van der Waals surface area contributed by atoms with E-state index in [1.165, 1.54) is 45.5 Å². The Bertz CT molecular complexity index is 4180. The molecule has 4 aliphatic rings. The van der Waals surface area contributed by atoms with Crippen LogP contribution in [-0.4, -0.2) is 184 Å². The average molecular weight is 1510 g/mol. The Kier molecular flexibility index (Phi) is 26.1. The molecule has 3 saturated heterocycles. The van der Waals surface area contributed by atoms with Gasteiger partial charge in [-0.05, 0) is 159 Å². The normalized spacial score (nSPS) is 19.0. The lowest BCUT2D eigenvalue weighted by Gasteiger charge is -2.39. The molecule has 10 rings (SSSR count). The van der Waals surface area contributed by atoms with Gasteiger partial charge in [-0.25, -0.2) is 26.5 Å². The topological polar surface area (TPSA) is 234 Å². The number of nitrogens with one attached hydrogen (secondary N) is 4. The van der Waals surface area contributed by atoms with E-state index in [2.05, 4.69) is 66.5 Å². The number of piperazine rings is 2. The predicted octanol–water partition coefficient (Wildman–Crippen LogP) is 12.5. The van der Waals surface area contributed by atoms with E-state index in [-0.39, 0.29) is 48.2 Å². The van der Waals surface area contributed by atoms with E-state index in [1.54, 1.807) is 29.0 Å². The zero-order valence-electron chi connectivity index (χ0n) is 59.6. The molecule has 5 aromatic carbocycles. The molecule has 4 amide bonds. The SMILES string of the molecule is Cc1ncsc1-c1ccc(C(C)NC(=O)C2CC(O)CN2C(=O)C(NC(=O)CCCCCN2CCN(CCC(CSc3ccccc3)Nc3ccc(S(=O)(=O)NC(=O)c4ccc(N5CCN(CC6=C(c7ccc(Cl)cc7)CCC(C)(C)C6)CC5)cc4)cc3S(=O)(=O)C(F)(F)F)CC2)C(C)(C)C)cc1. The van der Waals surface area contributed by atoms with Crippen LogP contribution in [0.25, 0.3) is 16.0 Å². The fraction of sp³-hybridized carbons (Fsp3) is 0.487. The molecular formula is C76H96ClF3N10O9S4. The first kappa shape index (κ1) is 78.7. The maximum absolute atomic E-state index is 14.6. The molecule has 19 nitrogen and oxygen atoms in total. The number of alkyl halides is 3. The Hall–Kier alpha value is -6.88. The Morgan fingerprint density at radius 3 is 2.08 bits per heavy atom. The summed E-state index contributed by atoms with van der Waals surface area (Å²) in [5.74, 6) is -1.85. The van der Waals surface area contributed by atoms with Crippen LogP contribution in [0.4, 0.5) is 24.5 Å². The van der Waals surface area contributed by atoms with E-state index in [9.17, 15) is 54.3 Å². The molecule has 5 atom stereocenters. The van der Waals surface area contributed by atoms with E-state index in [4.69, 9.17) is 11.6 Å². The minimum Gasteiger partial charge on any atom is -0.391 e. The molecule has 1 aromatic heterocycles. The quantitative estimate of drug-likeness (QED) is 0.0227. The largest absolute Gasteiger partial charge is 0.501 e. The number of rotatable bonds is 28. The van der Waals surface area contributed by atoms with Crippen LogP contribution in [0, 0.1) is 17.8 Å². The van der Waals surface area contributed by atoms with Crippen LogP contribution in [0.3, 0.4) is 0 Å². The lowest BCUT2D eigenvalue weighted by molar-refractivity contribution is -0.144. The first-order valence-electron chi connectivity index (χ1n) is 35.4. The van der Waals surface area contributed by atoms with Crippen LogP contribution in [0.5, 0.6) is 0 Å². The number of allylic oxidation sites excluding steroid dienone is 1. The Morgan fingerprint density at radius 1 is 0.786 bits per heavy atom. The van der Waals surface area contributed by atoms with Crippen molar-refractivity contribution in [2.45, 2.75) is 157 Å². The van der Waals surface area contributed by atoms with E-state index < -0.39 is 82.3 Å². The number of benzene rings is 5. The van der Waals surface area contributed by atoms with Gasteiger partial charge in [0.05, 0.1) is 38.8 Å². The Balaban J connectivity index is 0.693. The molecule has 3 aliphatic heterocycles. The highest BCUT2D eigenvalue weighted by Gasteiger charge is 2.49. The second-order valence-electron chi connectivity index (χ2n) is 29.4. The van der Waals surface area contributed by atoms with E-state index >= 15 is 0 Å². The van der Waals surface area contributed by atoms with Crippen molar-refractivity contribution in [1.82, 2.24) is 39.9 Å². The Labute approximate surface area is 617 Å². The number of anilines is 2. The number of carbonyl (C=O) groups excluding carboxylic acids is 4. The van der Waals surface area contributed by atoms with E-state index in [0.29, 0.717) is 62.4 Å². The second-order valence-corrected chi connectivity index (χ2v) is 35.4. The summed E-state index contributed by atoms with van der Waals surface area (Å²) in [7, 11) is -11.1. The summed E-state index contributed by atoms with van der Waals surface area (Å²) in [6.07, 6.45) is 4.95. The number of carbonyl (C=O) groups is 4. The number of amides is 4. The van der Waals surface area contributed by atoms with E-state index in [1.807, 2.05) is 106 Å². The first-order chi connectivity index (χ1) is 48.8. The highest BCUT2D eigenvalue weighted by molar-refractivity contribution is 7.99. The summed E-state index contributed by atoms with van der Waals surface area (Å²) in [4.78, 5) is 70.0. The molecule has 0 bridgehead atoms. The van der Waals surface area contributed by atoms with Gasteiger partial charge in [-0.15, -0.1) is 23.1 Å². The summed E-state index contributed by atoms with van der Waals surface area (Å²) in [5, 5.41) is 20.5. The molecule has 1 aliphatic carbocycles. The van der Waals surface area contributed by atoms with Gasteiger partial charge in [0.15, 0.2) is 0 Å². The monoisotopic (exact) mass is 1510 g/mol. The number of nitrogens with zero attached hydrogens (tertiary/aromatic N) is 6.